The summed E-state index contributed by atoms with van der Waals surface area (Å²) in [5, 5.41) is 0. The molecule has 0 aliphatic rings. The monoisotopic (exact) mass is 306 g/mol. The van der Waals surface area contributed by atoms with E-state index in [9.17, 15) is 0 Å². The van der Waals surface area contributed by atoms with Gasteiger partial charge in [0.25, 0.3) is 0 Å². The van der Waals surface area contributed by atoms with Crippen LogP contribution >= 0.6 is 0 Å². The van der Waals surface area contributed by atoms with Crippen LogP contribution < -0.4 is 0 Å². The fraction of sp³-hybridized carbons (Fsp3) is 1.00. The van der Waals surface area contributed by atoms with E-state index in [1.54, 1.807) is 0 Å². The average molecular weight is 304 g/mol. The van der Waals surface area contributed by atoms with Gasteiger partial charge >= 0.3 is 62.9 Å². The first kappa shape index (κ1) is 7.52. The third-order valence-electron chi connectivity index (χ3n) is 0.405. The van der Waals surface area contributed by atoms with Crippen molar-refractivity contribution in [1.29, 1.82) is 0 Å². The molecule has 0 heterocycles. The van der Waals surface area contributed by atoms with Crippen LogP contribution in [-0.4, -0.2) is 51.5 Å². The van der Waals surface area contributed by atoms with E-state index in [2.05, 4.69) is 0 Å². The first-order valence-corrected chi connectivity index (χ1v) is 7.61. The predicted molar refractivity (Wildman–Crippen MR) is 31.2 cm³/mol. The Labute approximate surface area is 62.5 Å². The van der Waals surface area contributed by atoms with Crippen LogP contribution in [0, 0.1) is 0 Å². The molecule has 0 saturated carbocycles. The van der Waals surface area contributed by atoms with Crippen molar-refractivity contribution in [2.75, 3.05) is 6.61 Å². The van der Waals surface area contributed by atoms with Gasteiger partial charge in [-0.3, -0.25) is 0 Å². The molecule has 0 aliphatic heterocycles. The Hall–Kier alpha value is 1.52. The zero-order chi connectivity index (χ0) is 4.83. The molecule has 0 aliphatic carbocycles. The summed E-state index contributed by atoms with van der Waals surface area (Å²) in [5.74, 6) is 0. The summed E-state index contributed by atoms with van der Waals surface area (Å²) in [5.41, 5.74) is 0. The Balaban J connectivity index is 2.34. The summed E-state index contributed by atoms with van der Waals surface area (Å²) in [4.78, 5) is 0. The predicted octanol–water partition coefficient (Wildman–Crippen LogP) is -1.68. The van der Waals surface area contributed by atoms with Gasteiger partial charge in [0.05, 0.1) is 0 Å². The van der Waals surface area contributed by atoms with Crippen molar-refractivity contribution < 1.29 is 4.49 Å². The molecule has 0 spiro atoms. The van der Waals surface area contributed by atoms with Gasteiger partial charge in [-0.1, -0.05) is 0 Å². The van der Waals surface area contributed by atoms with Gasteiger partial charge in [-0.2, -0.15) is 0 Å². The standard InChI is InChI=1S/C2H5O.O.2Sn.5H/c1-2-3;;;;;;;;/h2H2,1H3;;;;;;;;/q-1;;;+1;;;;;. The molecule has 0 aromatic carbocycles. The molecule has 0 rings (SSSR count). The van der Waals surface area contributed by atoms with Crippen molar-refractivity contribution in [3.63, 3.8) is 0 Å². The zero-order valence-corrected chi connectivity index (χ0v) is 14.0. The summed E-state index contributed by atoms with van der Waals surface area (Å²) in [6, 6.07) is 0. The molecule has 0 bridgehead atoms. The minimum atomic E-state index is -0.993. The maximum atomic E-state index is 5.02. The van der Waals surface area contributed by atoms with Gasteiger partial charge in [-0.25, -0.2) is 0 Å². The molecule has 4 heteroatoms. The number of hydrogen-bond donors (Lipinski definition) is 0. The van der Waals surface area contributed by atoms with Crippen LogP contribution in [0.3, 0.4) is 0 Å². The van der Waals surface area contributed by atoms with Crippen molar-refractivity contribution in [2.45, 2.75) is 6.92 Å². The molecule has 2 nitrogen and oxygen atoms in total. The molecule has 0 unspecified atom stereocenters. The topological polar surface area (TPSA) is 18.5 Å². The van der Waals surface area contributed by atoms with Crippen LogP contribution in [0.5, 0.6) is 0 Å². The van der Waals surface area contributed by atoms with Crippen molar-refractivity contribution in [3.05, 3.63) is 0 Å². The molecule has 38 valence electrons. The second-order valence-corrected chi connectivity index (χ2v) is 15.4. The third-order valence-corrected chi connectivity index (χ3v) is 7.23. The normalized spacial score (nSPS) is 11.5. The van der Waals surface area contributed by atoms with E-state index in [1.165, 1.54) is 0 Å². The molecule has 0 radical (unpaired) electrons. The van der Waals surface area contributed by atoms with Gasteiger partial charge in [-0.15, -0.1) is 0 Å². The molecule has 0 fully saturated rings. The fourth-order valence-electron chi connectivity index (χ4n) is 0.167. The van der Waals surface area contributed by atoms with Gasteiger partial charge < -0.3 is 0 Å². The Bertz CT molecular complexity index is 21.5. The van der Waals surface area contributed by atoms with Gasteiger partial charge in [0.15, 0.2) is 0 Å². The molecule has 0 aromatic rings. The van der Waals surface area contributed by atoms with Crippen molar-refractivity contribution >= 4 is 44.9 Å². The van der Waals surface area contributed by atoms with Crippen LogP contribution in [0.4, 0.5) is 0 Å². The van der Waals surface area contributed by atoms with E-state index >= 15 is 0 Å². The van der Waals surface area contributed by atoms with Crippen LogP contribution in [0.15, 0.2) is 0 Å². The second-order valence-electron chi connectivity index (χ2n) is 0.899. The minimum absolute atomic E-state index is 0.447. The first-order chi connectivity index (χ1) is 2.91. The molecule has 0 saturated heterocycles. The van der Waals surface area contributed by atoms with Crippen LogP contribution in [0.1, 0.15) is 6.92 Å². The Morgan fingerprint density at radius 2 is 2.50 bits per heavy atom. The fourth-order valence-corrected chi connectivity index (χ4v) is 4.31. The quantitative estimate of drug-likeness (QED) is 0.458. The Morgan fingerprint density at radius 1 is 1.83 bits per heavy atom. The first-order valence-electron chi connectivity index (χ1n) is 1.98. The summed E-state index contributed by atoms with van der Waals surface area (Å²) in [7, 11) is 0. The van der Waals surface area contributed by atoms with E-state index in [0.29, 0.717) is 22.9 Å². The van der Waals surface area contributed by atoms with E-state index in [0.717, 1.165) is 6.61 Å². The van der Waals surface area contributed by atoms with Gasteiger partial charge in [0.1, 0.15) is 0 Å². The third kappa shape index (κ3) is 5.52. The molecule has 0 amide bonds. The Kier molecular flexibility index (Phi) is 8.17. The van der Waals surface area contributed by atoms with Gasteiger partial charge in [0.2, 0.25) is 0 Å². The van der Waals surface area contributed by atoms with Crippen LogP contribution in [0.25, 0.3) is 0 Å². The summed E-state index contributed by atoms with van der Waals surface area (Å²) >= 11 is -0.545. The summed E-state index contributed by atoms with van der Waals surface area (Å²) < 4.78 is 10.0. The SMILES string of the molecule is CC[O][SnH2][O][SnH3]. The van der Waals surface area contributed by atoms with Crippen molar-refractivity contribution in [1.82, 2.24) is 0 Å². The molecule has 0 atom stereocenters. The molecule has 0 aromatic heterocycles. The summed E-state index contributed by atoms with van der Waals surface area (Å²) in [6.45, 7) is 2.86. The van der Waals surface area contributed by atoms with Gasteiger partial charge in [0, 0.05) is 0 Å². The van der Waals surface area contributed by atoms with Crippen LogP contribution in [-0.2, 0) is 4.49 Å². The zero-order valence-electron chi connectivity index (χ0n) is 4.23. The van der Waals surface area contributed by atoms with Crippen molar-refractivity contribution in [2.24, 2.45) is 0 Å². The second kappa shape index (κ2) is 6.52. The van der Waals surface area contributed by atoms with Crippen molar-refractivity contribution in [3.8, 4) is 0 Å². The number of rotatable bonds is 3. The number of hydrogen-bond acceptors (Lipinski definition) is 2. The van der Waals surface area contributed by atoms with Crippen LogP contribution in [0.2, 0.25) is 0 Å². The Morgan fingerprint density at radius 3 is 2.67 bits per heavy atom. The van der Waals surface area contributed by atoms with Gasteiger partial charge in [-0.05, 0) is 0 Å². The molecular formula is C2H10O2Sn2. The molecule has 0 N–H and O–H groups in total. The van der Waals surface area contributed by atoms with E-state index in [1.807, 2.05) is 6.92 Å². The van der Waals surface area contributed by atoms with E-state index < -0.39 is 22.0 Å². The summed E-state index contributed by atoms with van der Waals surface area (Å²) in [6.07, 6.45) is 0. The molecular weight excluding hydrogens is 293 g/mol. The average Bonchev–Trinajstić information content (AvgIpc) is 1.61. The maximum absolute atomic E-state index is 5.02. The molecule has 6 heavy (non-hydrogen) atoms. The van der Waals surface area contributed by atoms with E-state index in [-0.39, 0.29) is 0 Å². The van der Waals surface area contributed by atoms with E-state index in [4.69, 9.17) is 4.49 Å².